The minimum atomic E-state index is 0.100. The summed E-state index contributed by atoms with van der Waals surface area (Å²) in [6.07, 6.45) is 2.24. The molecule has 4 rings (SSSR count). The van der Waals surface area contributed by atoms with Gasteiger partial charge in [-0.25, -0.2) is 0 Å². The van der Waals surface area contributed by atoms with Crippen LogP contribution in [0.4, 0.5) is 5.69 Å². The SMILES string of the molecule is O=C(Nc1cccc(C2SCCCS2)c1)C1CC1c1ccc(Br)cc1. The fourth-order valence-corrected chi connectivity index (χ4v) is 6.38. The Hall–Kier alpha value is -0.910. The van der Waals surface area contributed by atoms with Gasteiger partial charge >= 0.3 is 0 Å². The summed E-state index contributed by atoms with van der Waals surface area (Å²) < 4.78 is 1.58. The highest BCUT2D eigenvalue weighted by atomic mass is 79.9. The van der Waals surface area contributed by atoms with Crippen LogP contribution in [0, 0.1) is 5.92 Å². The number of rotatable bonds is 4. The van der Waals surface area contributed by atoms with Gasteiger partial charge in [-0.2, -0.15) is 0 Å². The summed E-state index contributed by atoms with van der Waals surface area (Å²) >= 11 is 7.48. The van der Waals surface area contributed by atoms with Gasteiger partial charge in [0, 0.05) is 16.1 Å². The third-order valence-corrected chi connectivity index (χ3v) is 8.22. The molecule has 0 aromatic heterocycles. The van der Waals surface area contributed by atoms with Gasteiger partial charge in [0.1, 0.15) is 0 Å². The molecule has 2 aromatic carbocycles. The number of carbonyl (C=O) groups excluding carboxylic acids is 1. The van der Waals surface area contributed by atoms with Crippen LogP contribution in [0.5, 0.6) is 0 Å². The molecule has 5 heteroatoms. The molecule has 2 nitrogen and oxygen atoms in total. The molecule has 2 aromatic rings. The molecule has 1 aliphatic carbocycles. The Balaban J connectivity index is 1.39. The number of hydrogen-bond acceptors (Lipinski definition) is 3. The van der Waals surface area contributed by atoms with Crippen molar-refractivity contribution in [3.05, 3.63) is 64.1 Å². The van der Waals surface area contributed by atoms with Crippen LogP contribution < -0.4 is 5.32 Å². The Morgan fingerprint density at radius 2 is 1.80 bits per heavy atom. The smallest absolute Gasteiger partial charge is 0.228 e. The Morgan fingerprint density at radius 3 is 2.56 bits per heavy atom. The monoisotopic (exact) mass is 433 g/mol. The van der Waals surface area contributed by atoms with E-state index in [1.165, 1.54) is 29.1 Å². The van der Waals surface area contributed by atoms with Gasteiger partial charge in [-0.1, -0.05) is 40.2 Å². The van der Waals surface area contributed by atoms with E-state index < -0.39 is 0 Å². The fraction of sp³-hybridized carbons (Fsp3) is 0.350. The van der Waals surface area contributed by atoms with Gasteiger partial charge in [0.2, 0.25) is 5.91 Å². The lowest BCUT2D eigenvalue weighted by Crippen LogP contribution is -2.14. The summed E-state index contributed by atoms with van der Waals surface area (Å²) in [6.45, 7) is 0. The van der Waals surface area contributed by atoms with Crippen molar-refractivity contribution in [2.45, 2.75) is 23.3 Å². The molecule has 1 saturated carbocycles. The van der Waals surface area contributed by atoms with Gasteiger partial charge in [-0.3, -0.25) is 4.79 Å². The average Bonchev–Trinajstić information content (AvgIpc) is 3.44. The molecule has 0 spiro atoms. The number of hydrogen-bond donors (Lipinski definition) is 1. The van der Waals surface area contributed by atoms with Crippen LogP contribution in [0.15, 0.2) is 53.0 Å². The number of benzene rings is 2. The highest BCUT2D eigenvalue weighted by Gasteiger charge is 2.43. The lowest BCUT2D eigenvalue weighted by Gasteiger charge is -2.21. The van der Waals surface area contributed by atoms with Crippen molar-refractivity contribution in [3.63, 3.8) is 0 Å². The third kappa shape index (κ3) is 4.26. The zero-order valence-electron chi connectivity index (χ0n) is 13.8. The van der Waals surface area contributed by atoms with E-state index in [1.807, 2.05) is 41.7 Å². The molecule has 2 aliphatic rings. The number of thioether (sulfide) groups is 2. The fourth-order valence-electron chi connectivity index (χ4n) is 3.24. The Bertz CT molecular complexity index is 759. The summed E-state index contributed by atoms with van der Waals surface area (Å²) in [4.78, 5) is 12.6. The van der Waals surface area contributed by atoms with Crippen molar-refractivity contribution in [2.24, 2.45) is 5.92 Å². The Morgan fingerprint density at radius 1 is 1.04 bits per heavy atom. The highest BCUT2D eigenvalue weighted by Crippen LogP contribution is 2.48. The second-order valence-corrected chi connectivity index (χ2v) is 10.2. The van der Waals surface area contributed by atoms with Crippen molar-refractivity contribution in [1.29, 1.82) is 0 Å². The predicted octanol–water partition coefficient (Wildman–Crippen LogP) is 6.06. The van der Waals surface area contributed by atoms with E-state index in [9.17, 15) is 4.79 Å². The molecule has 130 valence electrons. The molecule has 1 aliphatic heterocycles. The maximum Gasteiger partial charge on any atom is 0.228 e. The molecule has 25 heavy (non-hydrogen) atoms. The standard InChI is InChI=1S/C20H20BrNOS2/c21-15-7-5-13(6-8-15)17-12-18(17)19(23)22-16-4-1-3-14(11-16)20-24-9-2-10-25-20/h1,3-8,11,17-18,20H,2,9-10,12H2,(H,22,23). The van der Waals surface area contributed by atoms with E-state index in [-0.39, 0.29) is 11.8 Å². The number of anilines is 1. The van der Waals surface area contributed by atoms with Crippen molar-refractivity contribution in [1.82, 2.24) is 0 Å². The molecule has 1 saturated heterocycles. The normalized spacial score (nSPS) is 23.2. The molecule has 1 N–H and O–H groups in total. The second kappa shape index (κ2) is 7.77. The number of amides is 1. The largest absolute Gasteiger partial charge is 0.326 e. The van der Waals surface area contributed by atoms with Crippen LogP contribution in [-0.4, -0.2) is 17.4 Å². The van der Waals surface area contributed by atoms with E-state index in [4.69, 9.17) is 0 Å². The highest BCUT2D eigenvalue weighted by molar-refractivity contribution is 9.10. The summed E-state index contributed by atoms with van der Waals surface area (Å²) in [5.74, 6) is 3.06. The van der Waals surface area contributed by atoms with Crippen molar-refractivity contribution in [2.75, 3.05) is 16.8 Å². The maximum absolute atomic E-state index is 12.6. The van der Waals surface area contributed by atoms with E-state index in [0.29, 0.717) is 10.5 Å². The molecular formula is C20H20BrNOS2. The average molecular weight is 434 g/mol. The van der Waals surface area contributed by atoms with Crippen molar-refractivity contribution in [3.8, 4) is 0 Å². The van der Waals surface area contributed by atoms with E-state index >= 15 is 0 Å². The first-order valence-electron chi connectivity index (χ1n) is 8.60. The molecule has 1 amide bonds. The Labute approximate surface area is 165 Å². The lowest BCUT2D eigenvalue weighted by molar-refractivity contribution is -0.117. The molecule has 1 heterocycles. The summed E-state index contributed by atoms with van der Waals surface area (Å²) in [5.41, 5.74) is 3.50. The summed E-state index contributed by atoms with van der Waals surface area (Å²) in [7, 11) is 0. The molecule has 0 radical (unpaired) electrons. The number of carbonyl (C=O) groups is 1. The van der Waals surface area contributed by atoms with Crippen LogP contribution >= 0.6 is 39.5 Å². The second-order valence-electron chi connectivity index (χ2n) is 6.54. The first-order chi connectivity index (χ1) is 12.2. The number of halogens is 1. The quantitative estimate of drug-likeness (QED) is 0.634. The van der Waals surface area contributed by atoms with Gasteiger partial charge in [-0.15, -0.1) is 23.5 Å². The van der Waals surface area contributed by atoms with E-state index in [0.717, 1.165) is 16.6 Å². The van der Waals surface area contributed by atoms with Crippen molar-refractivity contribution >= 4 is 51.0 Å². The van der Waals surface area contributed by atoms with Gasteiger partial charge in [0.25, 0.3) is 0 Å². The third-order valence-electron chi connectivity index (χ3n) is 4.68. The topological polar surface area (TPSA) is 29.1 Å². The zero-order chi connectivity index (χ0) is 17.2. The van der Waals surface area contributed by atoms with Gasteiger partial charge in [0.15, 0.2) is 0 Å². The van der Waals surface area contributed by atoms with Gasteiger partial charge < -0.3 is 5.32 Å². The molecule has 2 fully saturated rings. The van der Waals surface area contributed by atoms with E-state index in [2.05, 4.69) is 51.6 Å². The van der Waals surface area contributed by atoms with Crippen LogP contribution in [0.25, 0.3) is 0 Å². The van der Waals surface area contributed by atoms with Crippen LogP contribution in [0.1, 0.15) is 34.5 Å². The Kier molecular flexibility index (Phi) is 5.44. The first-order valence-corrected chi connectivity index (χ1v) is 11.5. The van der Waals surface area contributed by atoms with Crippen LogP contribution in [0.2, 0.25) is 0 Å². The van der Waals surface area contributed by atoms with Crippen LogP contribution in [0.3, 0.4) is 0 Å². The zero-order valence-corrected chi connectivity index (χ0v) is 17.0. The molecule has 2 unspecified atom stereocenters. The van der Waals surface area contributed by atoms with Crippen LogP contribution in [-0.2, 0) is 4.79 Å². The molecule has 2 atom stereocenters. The minimum Gasteiger partial charge on any atom is -0.326 e. The van der Waals surface area contributed by atoms with E-state index in [1.54, 1.807) is 0 Å². The minimum absolute atomic E-state index is 0.100. The first kappa shape index (κ1) is 17.5. The molecule has 0 bridgehead atoms. The summed E-state index contributed by atoms with van der Waals surface area (Å²) in [6, 6.07) is 16.7. The van der Waals surface area contributed by atoms with Gasteiger partial charge in [0.05, 0.1) is 4.58 Å². The number of nitrogens with one attached hydrogen (secondary N) is 1. The molecular weight excluding hydrogens is 414 g/mol. The summed E-state index contributed by atoms with van der Waals surface area (Å²) in [5, 5.41) is 3.13. The van der Waals surface area contributed by atoms with Gasteiger partial charge in [-0.05, 0) is 65.7 Å². The maximum atomic E-state index is 12.6. The predicted molar refractivity (Wildman–Crippen MR) is 112 cm³/mol. The lowest BCUT2D eigenvalue weighted by atomic mass is 10.1. The van der Waals surface area contributed by atoms with Crippen molar-refractivity contribution < 1.29 is 4.79 Å².